The van der Waals surface area contributed by atoms with Crippen molar-refractivity contribution >= 4 is 34.7 Å². The summed E-state index contributed by atoms with van der Waals surface area (Å²) in [5.74, 6) is 1.24. The van der Waals surface area contributed by atoms with Crippen LogP contribution in [0.25, 0.3) is 0 Å². The minimum Gasteiger partial charge on any atom is -0.326 e. The molecule has 0 unspecified atom stereocenters. The molecule has 2 N–H and O–H groups in total. The molecule has 0 spiro atoms. The van der Waals surface area contributed by atoms with Crippen LogP contribution in [-0.4, -0.2) is 22.4 Å². The van der Waals surface area contributed by atoms with Crippen molar-refractivity contribution < 1.29 is 4.79 Å². The first-order valence-electron chi connectivity index (χ1n) is 9.29. The summed E-state index contributed by atoms with van der Waals surface area (Å²) >= 11 is 0. The average Bonchev–Trinajstić information content (AvgIpc) is 2.62. The SMILES string of the molecule is CCN(c1cccc(C)c1)c1cc(C)nc(Nc2cccc(NC(C)=O)c2)n1. The number of aromatic nitrogens is 2. The molecule has 0 saturated heterocycles. The Bertz CT molecular complexity index is 986. The molecule has 2 aromatic carbocycles. The second-order valence-corrected chi connectivity index (χ2v) is 6.66. The van der Waals surface area contributed by atoms with Gasteiger partial charge in [0.2, 0.25) is 11.9 Å². The third-order valence-corrected chi connectivity index (χ3v) is 4.19. The minimum atomic E-state index is -0.108. The van der Waals surface area contributed by atoms with Crippen LogP contribution in [0.4, 0.5) is 28.8 Å². The third-order valence-electron chi connectivity index (χ3n) is 4.19. The van der Waals surface area contributed by atoms with Gasteiger partial charge in [0, 0.05) is 42.3 Å². The number of hydrogen-bond acceptors (Lipinski definition) is 5. The summed E-state index contributed by atoms with van der Waals surface area (Å²) in [6.07, 6.45) is 0. The van der Waals surface area contributed by atoms with Gasteiger partial charge >= 0.3 is 0 Å². The Morgan fingerprint density at radius 1 is 1.00 bits per heavy atom. The highest BCUT2D eigenvalue weighted by Gasteiger charge is 2.12. The fourth-order valence-corrected chi connectivity index (χ4v) is 3.03. The summed E-state index contributed by atoms with van der Waals surface area (Å²) in [5.41, 5.74) is 4.70. The fourth-order valence-electron chi connectivity index (χ4n) is 3.03. The Morgan fingerprint density at radius 2 is 1.75 bits per heavy atom. The van der Waals surface area contributed by atoms with Gasteiger partial charge in [-0.1, -0.05) is 18.2 Å². The van der Waals surface area contributed by atoms with Crippen LogP contribution < -0.4 is 15.5 Å². The molecule has 0 saturated carbocycles. The van der Waals surface area contributed by atoms with Crippen molar-refractivity contribution in [2.24, 2.45) is 0 Å². The van der Waals surface area contributed by atoms with Gasteiger partial charge in [-0.2, -0.15) is 4.98 Å². The average molecular weight is 375 g/mol. The molecular weight excluding hydrogens is 350 g/mol. The second kappa shape index (κ2) is 8.52. The highest BCUT2D eigenvalue weighted by atomic mass is 16.1. The normalized spacial score (nSPS) is 10.4. The lowest BCUT2D eigenvalue weighted by Crippen LogP contribution is -2.18. The first kappa shape index (κ1) is 19.4. The van der Waals surface area contributed by atoms with Crippen LogP contribution in [0.2, 0.25) is 0 Å². The Kier molecular flexibility index (Phi) is 5.89. The molecule has 1 aromatic heterocycles. The van der Waals surface area contributed by atoms with E-state index in [1.54, 1.807) is 0 Å². The maximum Gasteiger partial charge on any atom is 0.229 e. The topological polar surface area (TPSA) is 70.2 Å². The van der Waals surface area contributed by atoms with Crippen molar-refractivity contribution in [3.8, 4) is 0 Å². The van der Waals surface area contributed by atoms with Gasteiger partial charge in [0.15, 0.2) is 0 Å². The standard InChI is InChI=1S/C22H25N5O/c1-5-27(20-11-6-8-15(2)12-20)21-13-16(3)23-22(26-21)25-19-10-7-9-18(14-19)24-17(4)28/h6-14H,5H2,1-4H3,(H,24,28)(H,23,25,26). The molecule has 0 radical (unpaired) electrons. The predicted molar refractivity (Wildman–Crippen MR) is 115 cm³/mol. The largest absolute Gasteiger partial charge is 0.326 e. The van der Waals surface area contributed by atoms with Crippen molar-refractivity contribution in [3.05, 3.63) is 65.9 Å². The second-order valence-electron chi connectivity index (χ2n) is 6.66. The number of carbonyl (C=O) groups excluding carboxylic acids is 1. The Hall–Kier alpha value is -3.41. The van der Waals surface area contributed by atoms with Gasteiger partial charge in [-0.15, -0.1) is 0 Å². The van der Waals surface area contributed by atoms with E-state index in [4.69, 9.17) is 4.98 Å². The van der Waals surface area contributed by atoms with Gasteiger partial charge in [-0.05, 0) is 56.7 Å². The molecule has 6 heteroatoms. The predicted octanol–water partition coefficient (Wildman–Crippen LogP) is 4.95. The van der Waals surface area contributed by atoms with E-state index in [2.05, 4.69) is 52.6 Å². The molecule has 144 valence electrons. The lowest BCUT2D eigenvalue weighted by molar-refractivity contribution is -0.114. The van der Waals surface area contributed by atoms with Crippen LogP contribution in [-0.2, 0) is 4.79 Å². The number of benzene rings is 2. The summed E-state index contributed by atoms with van der Waals surface area (Å²) in [4.78, 5) is 22.7. The molecule has 28 heavy (non-hydrogen) atoms. The maximum absolute atomic E-state index is 11.3. The number of aryl methyl sites for hydroxylation is 2. The van der Waals surface area contributed by atoms with Gasteiger partial charge in [0.05, 0.1) is 0 Å². The van der Waals surface area contributed by atoms with E-state index in [9.17, 15) is 4.79 Å². The van der Waals surface area contributed by atoms with Crippen LogP contribution in [0.15, 0.2) is 54.6 Å². The Labute approximate surface area is 165 Å². The van der Waals surface area contributed by atoms with Crippen molar-refractivity contribution in [1.82, 2.24) is 9.97 Å². The number of amides is 1. The van der Waals surface area contributed by atoms with Crippen molar-refractivity contribution in [2.75, 3.05) is 22.1 Å². The lowest BCUT2D eigenvalue weighted by atomic mass is 10.2. The number of hydrogen-bond donors (Lipinski definition) is 2. The van der Waals surface area contributed by atoms with Crippen LogP contribution in [0.3, 0.4) is 0 Å². The van der Waals surface area contributed by atoms with Gasteiger partial charge < -0.3 is 15.5 Å². The zero-order valence-electron chi connectivity index (χ0n) is 16.7. The summed E-state index contributed by atoms with van der Waals surface area (Å²) in [5, 5.41) is 6.02. The van der Waals surface area contributed by atoms with Crippen molar-refractivity contribution in [2.45, 2.75) is 27.7 Å². The Morgan fingerprint density at radius 3 is 2.46 bits per heavy atom. The van der Waals surface area contributed by atoms with E-state index in [0.717, 1.165) is 35.1 Å². The monoisotopic (exact) mass is 375 g/mol. The molecule has 0 atom stereocenters. The first-order valence-corrected chi connectivity index (χ1v) is 9.29. The summed E-state index contributed by atoms with van der Waals surface area (Å²) < 4.78 is 0. The summed E-state index contributed by atoms with van der Waals surface area (Å²) in [6, 6.07) is 17.8. The highest BCUT2D eigenvalue weighted by molar-refractivity contribution is 5.89. The Balaban J connectivity index is 1.90. The molecule has 0 aliphatic rings. The molecule has 6 nitrogen and oxygen atoms in total. The third kappa shape index (κ3) is 4.85. The fraction of sp³-hybridized carbons (Fsp3) is 0.227. The first-order chi connectivity index (χ1) is 13.4. The molecule has 0 fully saturated rings. The zero-order valence-corrected chi connectivity index (χ0v) is 16.7. The molecular formula is C22H25N5O. The number of anilines is 5. The van der Waals surface area contributed by atoms with E-state index >= 15 is 0 Å². The summed E-state index contributed by atoms with van der Waals surface area (Å²) in [6.45, 7) is 8.41. The lowest BCUT2D eigenvalue weighted by Gasteiger charge is -2.23. The molecule has 1 amide bonds. The van der Waals surface area contributed by atoms with E-state index in [0.29, 0.717) is 5.95 Å². The molecule has 0 bridgehead atoms. The number of nitrogens with zero attached hydrogens (tertiary/aromatic N) is 3. The number of nitrogens with one attached hydrogen (secondary N) is 2. The molecule has 3 aromatic rings. The van der Waals surface area contributed by atoms with Gasteiger partial charge in [-0.3, -0.25) is 4.79 Å². The van der Waals surface area contributed by atoms with E-state index in [1.807, 2.05) is 43.3 Å². The van der Waals surface area contributed by atoms with Crippen LogP contribution >= 0.6 is 0 Å². The van der Waals surface area contributed by atoms with Crippen LogP contribution in [0, 0.1) is 13.8 Å². The van der Waals surface area contributed by atoms with E-state index in [1.165, 1.54) is 12.5 Å². The van der Waals surface area contributed by atoms with Crippen LogP contribution in [0.1, 0.15) is 25.1 Å². The van der Waals surface area contributed by atoms with Gasteiger partial charge in [-0.25, -0.2) is 4.98 Å². The van der Waals surface area contributed by atoms with E-state index in [-0.39, 0.29) is 5.91 Å². The summed E-state index contributed by atoms with van der Waals surface area (Å²) in [7, 11) is 0. The van der Waals surface area contributed by atoms with Gasteiger partial charge in [0.1, 0.15) is 5.82 Å². The smallest absolute Gasteiger partial charge is 0.229 e. The van der Waals surface area contributed by atoms with Crippen LogP contribution in [0.5, 0.6) is 0 Å². The van der Waals surface area contributed by atoms with Gasteiger partial charge in [0.25, 0.3) is 0 Å². The molecule has 0 aliphatic carbocycles. The van der Waals surface area contributed by atoms with E-state index < -0.39 is 0 Å². The van der Waals surface area contributed by atoms with Crippen molar-refractivity contribution in [1.29, 1.82) is 0 Å². The number of rotatable bonds is 6. The number of carbonyl (C=O) groups is 1. The quantitative estimate of drug-likeness (QED) is 0.638. The zero-order chi connectivity index (χ0) is 20.1. The molecule has 3 rings (SSSR count). The maximum atomic E-state index is 11.3. The van der Waals surface area contributed by atoms with Crippen molar-refractivity contribution in [3.63, 3.8) is 0 Å². The minimum absolute atomic E-state index is 0.108. The molecule has 0 aliphatic heterocycles. The molecule has 1 heterocycles. The highest BCUT2D eigenvalue weighted by Crippen LogP contribution is 2.26.